The van der Waals surface area contributed by atoms with E-state index in [1.165, 1.54) is 5.56 Å². The van der Waals surface area contributed by atoms with Crippen LogP contribution in [0.1, 0.15) is 22.8 Å². The second-order valence-corrected chi connectivity index (χ2v) is 5.30. The van der Waals surface area contributed by atoms with Gasteiger partial charge in [-0.3, -0.25) is 4.79 Å². The largest absolute Gasteiger partial charge is 0.305 e. The number of fused-ring (bicyclic) bond motifs is 2. The van der Waals surface area contributed by atoms with E-state index < -0.39 is 0 Å². The van der Waals surface area contributed by atoms with Crippen molar-refractivity contribution in [2.24, 2.45) is 0 Å². The van der Waals surface area contributed by atoms with Gasteiger partial charge in [0.05, 0.1) is 6.20 Å². The highest BCUT2D eigenvalue weighted by Gasteiger charge is 2.32. The van der Waals surface area contributed by atoms with E-state index in [9.17, 15) is 4.79 Å². The first-order valence-corrected chi connectivity index (χ1v) is 6.95. The van der Waals surface area contributed by atoms with Crippen LogP contribution in [-0.2, 0) is 6.42 Å². The number of para-hydroxylation sites is 1. The highest BCUT2D eigenvalue weighted by Crippen LogP contribution is 2.33. The summed E-state index contributed by atoms with van der Waals surface area (Å²) in [4.78, 5) is 19.0. The Hall–Kier alpha value is -2.69. The minimum atomic E-state index is -0.0406. The standard InChI is InChI=1S/C16H14N4O/c1-11-9-12-5-2-3-6-14(12)20(11)16(21)13-10-18-19-8-4-7-17-15(13)19/h2-8,10-11H,9H2,1H3/t11-/m1/s1. The number of carbonyl (C=O) groups excluding carboxylic acids is 1. The van der Waals surface area contributed by atoms with Gasteiger partial charge in [-0.1, -0.05) is 18.2 Å². The molecule has 0 radical (unpaired) electrons. The van der Waals surface area contributed by atoms with Gasteiger partial charge in [-0.25, -0.2) is 9.50 Å². The number of nitrogens with zero attached hydrogens (tertiary/aromatic N) is 4. The molecule has 0 N–H and O–H groups in total. The maximum Gasteiger partial charge on any atom is 0.264 e. The summed E-state index contributed by atoms with van der Waals surface area (Å²) in [6.07, 6.45) is 5.95. The predicted octanol–water partition coefficient (Wildman–Crippen LogP) is 2.32. The molecule has 0 aliphatic carbocycles. The van der Waals surface area contributed by atoms with Crippen molar-refractivity contribution in [1.82, 2.24) is 14.6 Å². The van der Waals surface area contributed by atoms with Crippen molar-refractivity contribution in [2.45, 2.75) is 19.4 Å². The minimum Gasteiger partial charge on any atom is -0.305 e. The smallest absolute Gasteiger partial charge is 0.264 e. The van der Waals surface area contributed by atoms with Gasteiger partial charge in [0.1, 0.15) is 5.56 Å². The van der Waals surface area contributed by atoms with E-state index in [4.69, 9.17) is 0 Å². The van der Waals surface area contributed by atoms with Gasteiger partial charge in [0.25, 0.3) is 5.91 Å². The molecule has 0 saturated carbocycles. The van der Waals surface area contributed by atoms with Gasteiger partial charge in [0.15, 0.2) is 5.65 Å². The molecule has 3 aromatic rings. The molecule has 1 atom stereocenters. The molecule has 1 amide bonds. The second-order valence-electron chi connectivity index (χ2n) is 5.30. The summed E-state index contributed by atoms with van der Waals surface area (Å²) in [7, 11) is 0. The Morgan fingerprint density at radius 1 is 1.29 bits per heavy atom. The van der Waals surface area contributed by atoms with Crippen LogP contribution >= 0.6 is 0 Å². The SMILES string of the molecule is C[C@@H]1Cc2ccccc2N1C(=O)c1cnn2cccnc12. The molecule has 0 unspecified atom stereocenters. The summed E-state index contributed by atoms with van der Waals surface area (Å²) in [5.41, 5.74) is 3.34. The van der Waals surface area contributed by atoms with Crippen molar-refractivity contribution in [1.29, 1.82) is 0 Å². The van der Waals surface area contributed by atoms with E-state index >= 15 is 0 Å². The van der Waals surface area contributed by atoms with Gasteiger partial charge < -0.3 is 4.90 Å². The fourth-order valence-corrected chi connectivity index (χ4v) is 2.98. The molecule has 0 fully saturated rings. The number of hydrogen-bond acceptors (Lipinski definition) is 3. The van der Waals surface area contributed by atoms with Crippen molar-refractivity contribution < 1.29 is 4.79 Å². The zero-order chi connectivity index (χ0) is 14.4. The van der Waals surface area contributed by atoms with Crippen molar-refractivity contribution in [3.8, 4) is 0 Å². The Bertz CT molecular complexity index is 839. The lowest BCUT2D eigenvalue weighted by molar-refractivity contribution is 0.0983. The topological polar surface area (TPSA) is 50.5 Å². The van der Waals surface area contributed by atoms with Crippen LogP contribution in [0.25, 0.3) is 5.65 Å². The van der Waals surface area contributed by atoms with Gasteiger partial charge >= 0.3 is 0 Å². The van der Waals surface area contributed by atoms with E-state index in [-0.39, 0.29) is 11.9 Å². The number of carbonyl (C=O) groups is 1. The molecule has 0 bridgehead atoms. The van der Waals surface area contributed by atoms with E-state index in [1.54, 1.807) is 29.2 Å². The summed E-state index contributed by atoms with van der Waals surface area (Å²) < 4.78 is 1.62. The Labute approximate surface area is 121 Å². The highest BCUT2D eigenvalue weighted by molar-refractivity contribution is 6.11. The van der Waals surface area contributed by atoms with Crippen LogP contribution in [0, 0.1) is 0 Å². The van der Waals surface area contributed by atoms with E-state index in [0.29, 0.717) is 11.2 Å². The molecule has 1 aliphatic rings. The maximum absolute atomic E-state index is 12.9. The van der Waals surface area contributed by atoms with Gasteiger partial charge in [-0.15, -0.1) is 0 Å². The van der Waals surface area contributed by atoms with Crippen LogP contribution in [0.15, 0.2) is 48.9 Å². The summed E-state index contributed by atoms with van der Waals surface area (Å²) in [6, 6.07) is 9.99. The third-order valence-electron chi connectivity index (χ3n) is 3.94. The molecular formula is C16H14N4O. The summed E-state index contributed by atoms with van der Waals surface area (Å²) in [6.45, 7) is 2.07. The van der Waals surface area contributed by atoms with Crippen molar-refractivity contribution in [2.75, 3.05) is 4.90 Å². The monoisotopic (exact) mass is 278 g/mol. The van der Waals surface area contributed by atoms with Gasteiger partial charge in [0, 0.05) is 24.1 Å². The normalized spacial score (nSPS) is 17.2. The van der Waals surface area contributed by atoms with Crippen LogP contribution in [-0.4, -0.2) is 26.5 Å². The second kappa shape index (κ2) is 4.41. The van der Waals surface area contributed by atoms with Crippen LogP contribution < -0.4 is 4.90 Å². The Kier molecular flexibility index (Phi) is 2.54. The lowest BCUT2D eigenvalue weighted by Gasteiger charge is -2.22. The van der Waals surface area contributed by atoms with Crippen molar-refractivity contribution >= 4 is 17.2 Å². The first-order chi connectivity index (χ1) is 10.3. The number of hydrogen-bond donors (Lipinski definition) is 0. The number of rotatable bonds is 1. The van der Waals surface area contributed by atoms with Crippen LogP contribution in [0.4, 0.5) is 5.69 Å². The molecule has 1 aliphatic heterocycles. The molecule has 4 rings (SSSR count). The molecule has 0 spiro atoms. The molecule has 21 heavy (non-hydrogen) atoms. The minimum absolute atomic E-state index is 0.0406. The molecular weight excluding hydrogens is 264 g/mol. The number of aromatic nitrogens is 3. The molecule has 3 heterocycles. The quantitative estimate of drug-likeness (QED) is 0.686. The molecule has 1 aromatic carbocycles. The van der Waals surface area contributed by atoms with E-state index in [2.05, 4.69) is 23.1 Å². The van der Waals surface area contributed by atoms with Crippen LogP contribution in [0.5, 0.6) is 0 Å². The average molecular weight is 278 g/mol. The van der Waals surface area contributed by atoms with E-state index in [0.717, 1.165) is 12.1 Å². The molecule has 104 valence electrons. The maximum atomic E-state index is 12.9. The highest BCUT2D eigenvalue weighted by atomic mass is 16.2. The Morgan fingerprint density at radius 3 is 3.05 bits per heavy atom. The molecule has 5 nitrogen and oxygen atoms in total. The lowest BCUT2D eigenvalue weighted by atomic mass is 10.1. The predicted molar refractivity (Wildman–Crippen MR) is 79.4 cm³/mol. The lowest BCUT2D eigenvalue weighted by Crippen LogP contribution is -2.35. The van der Waals surface area contributed by atoms with Gasteiger partial charge in [0.2, 0.25) is 0 Å². The fourth-order valence-electron chi connectivity index (χ4n) is 2.98. The van der Waals surface area contributed by atoms with Crippen LogP contribution in [0.2, 0.25) is 0 Å². The number of anilines is 1. The summed E-state index contributed by atoms with van der Waals surface area (Å²) in [5, 5.41) is 4.20. The molecule has 2 aromatic heterocycles. The number of amides is 1. The zero-order valence-electron chi connectivity index (χ0n) is 11.6. The fraction of sp³-hybridized carbons (Fsp3) is 0.188. The van der Waals surface area contributed by atoms with Gasteiger partial charge in [-0.2, -0.15) is 5.10 Å². The van der Waals surface area contributed by atoms with Crippen molar-refractivity contribution in [3.05, 3.63) is 60.0 Å². The van der Waals surface area contributed by atoms with Crippen molar-refractivity contribution in [3.63, 3.8) is 0 Å². The Balaban J connectivity index is 1.82. The molecule has 5 heteroatoms. The summed E-state index contributed by atoms with van der Waals surface area (Å²) in [5.74, 6) is -0.0406. The first kappa shape index (κ1) is 12.1. The summed E-state index contributed by atoms with van der Waals surface area (Å²) >= 11 is 0. The third kappa shape index (κ3) is 1.74. The Morgan fingerprint density at radius 2 is 2.14 bits per heavy atom. The third-order valence-corrected chi connectivity index (χ3v) is 3.94. The zero-order valence-corrected chi connectivity index (χ0v) is 11.6. The van der Waals surface area contributed by atoms with E-state index in [1.807, 2.05) is 23.1 Å². The number of benzene rings is 1. The van der Waals surface area contributed by atoms with Crippen LogP contribution in [0.3, 0.4) is 0 Å². The first-order valence-electron chi connectivity index (χ1n) is 6.95. The van der Waals surface area contributed by atoms with Gasteiger partial charge in [-0.05, 0) is 31.0 Å². The average Bonchev–Trinajstić information content (AvgIpc) is 3.06. The molecule has 0 saturated heterocycles.